The monoisotopic (exact) mass is 396 g/mol. The summed E-state index contributed by atoms with van der Waals surface area (Å²) >= 11 is 6.27. The molecule has 1 aromatic carbocycles. The molecule has 0 spiro atoms. The quantitative estimate of drug-likeness (QED) is 0.757. The Kier molecular flexibility index (Phi) is 6.11. The van der Waals surface area contributed by atoms with E-state index in [0.29, 0.717) is 17.8 Å². The number of benzene rings is 1. The van der Waals surface area contributed by atoms with Gasteiger partial charge >= 0.3 is 0 Å². The molecule has 1 amide bonds. The molecule has 27 heavy (non-hydrogen) atoms. The second-order valence-corrected chi connectivity index (χ2v) is 7.22. The predicted octanol–water partition coefficient (Wildman–Crippen LogP) is 3.72. The normalized spacial score (nSPS) is 16.4. The van der Waals surface area contributed by atoms with E-state index in [2.05, 4.69) is 5.10 Å². The Labute approximate surface area is 162 Å². The van der Waals surface area contributed by atoms with Crippen LogP contribution in [-0.4, -0.2) is 28.2 Å². The van der Waals surface area contributed by atoms with Crippen LogP contribution >= 0.6 is 11.8 Å². The zero-order valence-electron chi connectivity index (χ0n) is 15.2. The third-order valence-electron chi connectivity index (χ3n) is 4.76. The van der Waals surface area contributed by atoms with Crippen molar-refractivity contribution >= 4 is 23.4 Å². The maximum Gasteiger partial charge on any atom is 0.293 e. The number of carbonyl (C=O) groups is 1. The van der Waals surface area contributed by atoms with Gasteiger partial charge in [0, 0.05) is 23.5 Å². The van der Waals surface area contributed by atoms with Crippen LogP contribution in [0.3, 0.4) is 0 Å². The highest BCUT2D eigenvalue weighted by molar-refractivity contribution is 6.39. The van der Waals surface area contributed by atoms with Crippen molar-refractivity contribution in [2.75, 3.05) is 4.42 Å². The number of aryl methyl sites for hydroxylation is 2. The molecule has 3 rings (SSSR count). The molecule has 1 unspecified atom stereocenters. The molecule has 0 bridgehead atoms. The van der Waals surface area contributed by atoms with Gasteiger partial charge in [-0.05, 0) is 55.0 Å². The van der Waals surface area contributed by atoms with Crippen LogP contribution in [0.1, 0.15) is 47.1 Å². The number of hydrogen-bond donors (Lipinski definition) is 1. The lowest BCUT2D eigenvalue weighted by Crippen LogP contribution is -2.28. The van der Waals surface area contributed by atoms with Crippen LogP contribution < -0.4 is 10.2 Å². The first kappa shape index (κ1) is 19.8. The Morgan fingerprint density at radius 1 is 1.41 bits per heavy atom. The summed E-state index contributed by atoms with van der Waals surface area (Å²) in [6.07, 6.45) is 1.33. The second-order valence-electron chi connectivity index (χ2n) is 6.89. The first-order valence-electron chi connectivity index (χ1n) is 9.11. The van der Waals surface area contributed by atoms with E-state index in [1.165, 1.54) is 10.2 Å². The lowest BCUT2D eigenvalue weighted by Gasteiger charge is -2.23. The molecule has 1 atom stereocenters. The van der Waals surface area contributed by atoms with Gasteiger partial charge in [0.1, 0.15) is 6.54 Å². The highest BCUT2D eigenvalue weighted by Crippen LogP contribution is 2.28. The summed E-state index contributed by atoms with van der Waals surface area (Å²) in [5, 5.41) is 4.06. The van der Waals surface area contributed by atoms with Crippen LogP contribution in [0.2, 0.25) is 0 Å². The summed E-state index contributed by atoms with van der Waals surface area (Å²) in [4.78, 5) is 12.7. The van der Waals surface area contributed by atoms with E-state index < -0.39 is 18.9 Å². The van der Waals surface area contributed by atoms with E-state index in [4.69, 9.17) is 17.5 Å². The molecule has 0 radical (unpaired) electrons. The average Bonchev–Trinajstić information content (AvgIpc) is 3.02. The maximum absolute atomic E-state index is 12.8. The van der Waals surface area contributed by atoms with Gasteiger partial charge in [-0.15, -0.1) is 0 Å². The van der Waals surface area contributed by atoms with Gasteiger partial charge in [-0.1, -0.05) is 19.4 Å². The van der Waals surface area contributed by atoms with Gasteiger partial charge in [0.15, 0.2) is 5.69 Å². The largest absolute Gasteiger partial charge is 0.327 e. The van der Waals surface area contributed by atoms with Crippen LogP contribution in [0, 0.1) is 0 Å². The molecule has 8 heteroatoms. The van der Waals surface area contributed by atoms with E-state index in [1.54, 1.807) is 12.1 Å². The Morgan fingerprint density at radius 2 is 2.19 bits per heavy atom. The third kappa shape index (κ3) is 4.47. The van der Waals surface area contributed by atoms with E-state index in [1.807, 2.05) is 19.1 Å². The molecule has 1 aliphatic carbocycles. The number of alkyl halides is 2. The molecular formula is C19H23ClF2N4O. The number of fused-ring (bicyclic) bond motifs is 1. The minimum absolute atomic E-state index is 0.0637. The van der Waals surface area contributed by atoms with Crippen molar-refractivity contribution in [3.05, 3.63) is 46.8 Å². The number of carbonyl (C=O) groups excluding carboxylic acids is 1. The smallest absolute Gasteiger partial charge is 0.293 e. The molecular weight excluding hydrogens is 374 g/mol. The van der Waals surface area contributed by atoms with Crippen LogP contribution in [0.25, 0.3) is 0 Å². The van der Waals surface area contributed by atoms with E-state index in [9.17, 15) is 13.6 Å². The zero-order valence-corrected chi connectivity index (χ0v) is 15.9. The fourth-order valence-corrected chi connectivity index (χ4v) is 3.61. The lowest BCUT2D eigenvalue weighted by molar-refractivity contribution is 0.0994. The molecule has 5 nitrogen and oxygen atoms in total. The minimum Gasteiger partial charge on any atom is -0.327 e. The molecule has 1 heterocycles. The predicted molar refractivity (Wildman–Crippen MR) is 101 cm³/mol. The summed E-state index contributed by atoms with van der Waals surface area (Å²) in [5.74, 6) is -0.533. The molecule has 0 fully saturated rings. The van der Waals surface area contributed by atoms with Crippen molar-refractivity contribution < 1.29 is 13.6 Å². The minimum atomic E-state index is -2.54. The number of aromatic nitrogens is 2. The Hall–Kier alpha value is -1.99. The molecule has 1 aliphatic rings. The zero-order chi connectivity index (χ0) is 19.6. The summed E-state index contributed by atoms with van der Waals surface area (Å²) in [6, 6.07) is 7.29. The number of hydrogen-bond acceptors (Lipinski definition) is 3. The van der Waals surface area contributed by atoms with Gasteiger partial charge in [0.2, 0.25) is 0 Å². The first-order valence-corrected chi connectivity index (χ1v) is 9.45. The number of anilines is 1. The number of halogens is 3. The number of nitrogens with zero attached hydrogens (tertiary/aromatic N) is 3. The van der Waals surface area contributed by atoms with Crippen LogP contribution in [0.5, 0.6) is 0 Å². The van der Waals surface area contributed by atoms with E-state index in [-0.39, 0.29) is 11.7 Å². The van der Waals surface area contributed by atoms with Crippen molar-refractivity contribution in [2.24, 2.45) is 5.73 Å². The van der Waals surface area contributed by atoms with Gasteiger partial charge < -0.3 is 5.73 Å². The number of nitrogens with two attached hydrogens (primary N) is 1. The van der Waals surface area contributed by atoms with Crippen molar-refractivity contribution in [1.29, 1.82) is 0 Å². The SMILES string of the molecule is CCCc1cc(C(=O)N(Cl)c2ccc3c(c2)CCC(N)C3)nn1CC(F)F. The van der Waals surface area contributed by atoms with Crippen molar-refractivity contribution in [2.45, 2.75) is 58.0 Å². The second kappa shape index (κ2) is 8.35. The third-order valence-corrected chi connectivity index (χ3v) is 5.11. The lowest BCUT2D eigenvalue weighted by atomic mass is 9.88. The van der Waals surface area contributed by atoms with Crippen LogP contribution in [0.4, 0.5) is 14.5 Å². The Morgan fingerprint density at radius 3 is 2.89 bits per heavy atom. The fraction of sp³-hybridized carbons (Fsp3) is 0.474. The van der Waals surface area contributed by atoms with Gasteiger partial charge in [0.25, 0.3) is 12.3 Å². The van der Waals surface area contributed by atoms with Gasteiger partial charge in [0.05, 0.1) is 5.69 Å². The summed E-state index contributed by atoms with van der Waals surface area (Å²) in [6.45, 7) is 1.40. The highest BCUT2D eigenvalue weighted by Gasteiger charge is 2.23. The highest BCUT2D eigenvalue weighted by atomic mass is 35.5. The molecule has 146 valence electrons. The summed E-state index contributed by atoms with van der Waals surface area (Å²) < 4.78 is 27.7. The summed E-state index contributed by atoms with van der Waals surface area (Å²) in [5.41, 5.74) is 9.49. The Bertz CT molecular complexity index is 824. The standard InChI is InChI=1S/C19H23ClF2N4O/c1-2-3-15-10-17(24-25(15)11-18(21)22)19(27)26(20)16-7-5-12-8-14(23)6-4-13(12)9-16/h5,7,9-10,14,18H,2-4,6,8,11,23H2,1H3. The van der Waals surface area contributed by atoms with Gasteiger partial charge in [-0.2, -0.15) is 5.10 Å². The maximum atomic E-state index is 12.8. The van der Waals surface area contributed by atoms with Crippen LogP contribution in [-0.2, 0) is 25.8 Å². The fourth-order valence-electron chi connectivity index (χ4n) is 3.42. The molecule has 2 aromatic rings. The van der Waals surface area contributed by atoms with Crippen LogP contribution in [0.15, 0.2) is 24.3 Å². The number of rotatable bonds is 6. The topological polar surface area (TPSA) is 64.2 Å². The molecule has 0 saturated carbocycles. The van der Waals surface area contributed by atoms with Gasteiger partial charge in [-0.25, -0.2) is 13.2 Å². The van der Waals surface area contributed by atoms with Crippen molar-refractivity contribution in [1.82, 2.24) is 9.78 Å². The number of amides is 1. The molecule has 2 N–H and O–H groups in total. The molecule has 1 aromatic heterocycles. The molecule has 0 saturated heterocycles. The first-order chi connectivity index (χ1) is 12.9. The van der Waals surface area contributed by atoms with Crippen molar-refractivity contribution in [3.8, 4) is 0 Å². The van der Waals surface area contributed by atoms with E-state index in [0.717, 1.165) is 35.7 Å². The van der Waals surface area contributed by atoms with Gasteiger partial charge in [-0.3, -0.25) is 9.48 Å². The summed E-state index contributed by atoms with van der Waals surface area (Å²) in [7, 11) is 0. The van der Waals surface area contributed by atoms with Crippen molar-refractivity contribution in [3.63, 3.8) is 0 Å². The van der Waals surface area contributed by atoms with E-state index >= 15 is 0 Å². The average molecular weight is 397 g/mol. The molecule has 0 aliphatic heterocycles. The Balaban J connectivity index is 1.83.